The highest BCUT2D eigenvalue weighted by atomic mass is 16.5. The van der Waals surface area contributed by atoms with Crippen molar-refractivity contribution in [1.29, 1.82) is 0 Å². The maximum Gasteiger partial charge on any atom is 0.246 e. The van der Waals surface area contributed by atoms with Crippen molar-refractivity contribution in [3.63, 3.8) is 0 Å². The Morgan fingerprint density at radius 3 is 2.61 bits per heavy atom. The minimum absolute atomic E-state index is 0.0264. The Hall–Kier alpha value is -4.53. The van der Waals surface area contributed by atoms with Gasteiger partial charge in [-0.15, -0.1) is 0 Å². The summed E-state index contributed by atoms with van der Waals surface area (Å²) >= 11 is 0. The lowest BCUT2D eigenvalue weighted by Gasteiger charge is -2.32. The van der Waals surface area contributed by atoms with Gasteiger partial charge in [0.1, 0.15) is 23.6 Å². The molecule has 9 nitrogen and oxygen atoms in total. The molecule has 0 aliphatic carbocycles. The molecule has 0 spiro atoms. The largest absolute Gasteiger partial charge is 0.497 e. The molecular weight excluding hydrogens is 480 g/mol. The normalized spacial score (nSPS) is 15.4. The van der Waals surface area contributed by atoms with Crippen LogP contribution in [0.2, 0.25) is 0 Å². The van der Waals surface area contributed by atoms with Crippen molar-refractivity contribution in [2.45, 2.75) is 31.7 Å². The molecule has 2 aromatic heterocycles. The number of aromatic nitrogens is 4. The summed E-state index contributed by atoms with van der Waals surface area (Å²) in [5.41, 5.74) is 10.3. The number of rotatable bonds is 8. The molecule has 1 aliphatic rings. The molecule has 0 radical (unpaired) electrons. The van der Waals surface area contributed by atoms with Crippen LogP contribution in [0.25, 0.3) is 22.3 Å². The number of ether oxygens (including phenoxy) is 1. The zero-order chi connectivity index (χ0) is 26.6. The summed E-state index contributed by atoms with van der Waals surface area (Å²) in [6.45, 7) is 4.85. The number of benzene rings is 2. The fourth-order valence-corrected chi connectivity index (χ4v) is 4.94. The second kappa shape index (κ2) is 10.8. The molecular formula is C29H30N6O3. The standard InChI is InChI=1S/C29H30N6O3/c1-3-25(37)34-16-4-5-22(17-34)35-29-26(28(30)31-18-32-29)27(33-35)21-9-6-19(7-10-21)8-15-24(36)20-11-13-23(38-2)14-12-20/h3,6-7,9-14,18,22H,1,4-5,8,15-17H2,2H3,(H2,30,31,32). The van der Waals surface area contributed by atoms with Crippen molar-refractivity contribution in [2.75, 3.05) is 25.9 Å². The average Bonchev–Trinajstić information content (AvgIpc) is 3.37. The third-order valence-corrected chi connectivity index (χ3v) is 7.03. The van der Waals surface area contributed by atoms with E-state index in [1.807, 2.05) is 28.9 Å². The number of hydrogen-bond acceptors (Lipinski definition) is 7. The smallest absolute Gasteiger partial charge is 0.246 e. The second-order valence-corrected chi connectivity index (χ2v) is 9.38. The summed E-state index contributed by atoms with van der Waals surface area (Å²) < 4.78 is 7.04. The molecule has 4 aromatic rings. The van der Waals surface area contributed by atoms with E-state index in [1.54, 1.807) is 36.3 Å². The summed E-state index contributed by atoms with van der Waals surface area (Å²) in [5.74, 6) is 1.09. The quantitative estimate of drug-likeness (QED) is 0.278. The highest BCUT2D eigenvalue weighted by molar-refractivity contribution is 5.98. The Bertz CT molecular complexity index is 1480. The van der Waals surface area contributed by atoms with E-state index in [-0.39, 0.29) is 17.7 Å². The second-order valence-electron chi connectivity index (χ2n) is 9.38. The molecule has 0 bridgehead atoms. The molecule has 1 aliphatic heterocycles. The molecule has 1 saturated heterocycles. The number of methoxy groups -OCH3 is 1. The number of piperidine rings is 1. The minimum Gasteiger partial charge on any atom is -0.497 e. The van der Waals surface area contributed by atoms with Gasteiger partial charge in [0.05, 0.1) is 18.5 Å². The van der Waals surface area contributed by atoms with Crippen LogP contribution in [0.1, 0.15) is 41.2 Å². The van der Waals surface area contributed by atoms with E-state index in [0.717, 1.165) is 29.7 Å². The fourth-order valence-electron chi connectivity index (χ4n) is 4.94. The molecule has 2 N–H and O–H groups in total. The molecule has 9 heteroatoms. The van der Waals surface area contributed by atoms with Crippen molar-refractivity contribution in [2.24, 2.45) is 0 Å². The first-order valence-corrected chi connectivity index (χ1v) is 12.6. The molecule has 1 amide bonds. The molecule has 194 valence electrons. The van der Waals surface area contributed by atoms with Gasteiger partial charge >= 0.3 is 0 Å². The molecule has 38 heavy (non-hydrogen) atoms. The minimum atomic E-state index is -0.0819. The van der Waals surface area contributed by atoms with Gasteiger partial charge in [0.15, 0.2) is 11.4 Å². The van der Waals surface area contributed by atoms with Crippen LogP contribution in [0, 0.1) is 0 Å². The highest BCUT2D eigenvalue weighted by Gasteiger charge is 2.28. The van der Waals surface area contributed by atoms with Gasteiger partial charge in [-0.05, 0) is 55.2 Å². The average molecular weight is 511 g/mol. The Morgan fingerprint density at radius 2 is 1.89 bits per heavy atom. The third-order valence-electron chi connectivity index (χ3n) is 7.03. The number of ketones is 1. The Balaban J connectivity index is 1.37. The third kappa shape index (κ3) is 5.00. The number of amides is 1. The summed E-state index contributed by atoms with van der Waals surface area (Å²) in [5, 5.41) is 5.62. The van der Waals surface area contributed by atoms with E-state index in [4.69, 9.17) is 15.6 Å². The van der Waals surface area contributed by atoms with E-state index < -0.39 is 0 Å². The molecule has 1 fully saturated rings. The summed E-state index contributed by atoms with van der Waals surface area (Å²) in [6.07, 6.45) is 5.57. The monoisotopic (exact) mass is 510 g/mol. The maximum absolute atomic E-state index is 12.6. The SMILES string of the molecule is C=CC(=O)N1CCCC(n2nc(-c3ccc(CCC(=O)c4ccc(OC)cc4)cc3)c3c(N)ncnc32)C1. The number of hydrogen-bond donors (Lipinski definition) is 1. The van der Waals surface area contributed by atoms with Crippen molar-refractivity contribution in [3.05, 3.63) is 78.6 Å². The molecule has 5 rings (SSSR count). The molecule has 1 unspecified atom stereocenters. The van der Waals surface area contributed by atoms with Crippen LogP contribution in [0.4, 0.5) is 5.82 Å². The van der Waals surface area contributed by atoms with E-state index >= 15 is 0 Å². The van der Waals surface area contributed by atoms with Gasteiger partial charge in [0.25, 0.3) is 0 Å². The van der Waals surface area contributed by atoms with Crippen LogP contribution in [0.3, 0.4) is 0 Å². The Kier molecular flexibility index (Phi) is 7.17. The number of anilines is 1. The van der Waals surface area contributed by atoms with E-state index in [2.05, 4.69) is 16.5 Å². The number of carbonyl (C=O) groups excluding carboxylic acids is 2. The van der Waals surface area contributed by atoms with Crippen molar-refractivity contribution in [3.8, 4) is 17.0 Å². The van der Waals surface area contributed by atoms with Gasteiger partial charge in [-0.1, -0.05) is 30.8 Å². The Labute approximate surface area is 220 Å². The van der Waals surface area contributed by atoms with Crippen LogP contribution in [0.5, 0.6) is 5.75 Å². The van der Waals surface area contributed by atoms with Gasteiger partial charge in [0, 0.05) is 30.6 Å². The maximum atomic E-state index is 12.6. The number of aryl methyl sites for hydroxylation is 1. The summed E-state index contributed by atoms with van der Waals surface area (Å²) in [6, 6.07) is 15.1. The van der Waals surface area contributed by atoms with Crippen LogP contribution in [-0.4, -0.2) is 56.5 Å². The summed E-state index contributed by atoms with van der Waals surface area (Å²) in [7, 11) is 1.60. The number of nitrogen functional groups attached to an aromatic ring is 1. The summed E-state index contributed by atoms with van der Waals surface area (Å²) in [4.78, 5) is 35.3. The van der Waals surface area contributed by atoms with Crippen LogP contribution in [0.15, 0.2) is 67.5 Å². The predicted octanol–water partition coefficient (Wildman–Crippen LogP) is 4.25. The lowest BCUT2D eigenvalue weighted by atomic mass is 10.0. The Morgan fingerprint density at radius 1 is 1.13 bits per heavy atom. The van der Waals surface area contributed by atoms with Crippen LogP contribution in [-0.2, 0) is 11.2 Å². The zero-order valence-electron chi connectivity index (χ0n) is 21.3. The van der Waals surface area contributed by atoms with E-state index in [9.17, 15) is 9.59 Å². The molecule has 1 atom stereocenters. The van der Waals surface area contributed by atoms with Crippen LogP contribution >= 0.6 is 0 Å². The van der Waals surface area contributed by atoms with Gasteiger partial charge in [-0.25, -0.2) is 14.6 Å². The van der Waals surface area contributed by atoms with Crippen molar-refractivity contribution in [1.82, 2.24) is 24.6 Å². The molecule has 3 heterocycles. The van der Waals surface area contributed by atoms with Gasteiger partial charge in [-0.3, -0.25) is 9.59 Å². The zero-order valence-corrected chi connectivity index (χ0v) is 21.3. The van der Waals surface area contributed by atoms with Gasteiger partial charge in [-0.2, -0.15) is 5.10 Å². The van der Waals surface area contributed by atoms with Crippen molar-refractivity contribution >= 4 is 28.5 Å². The number of carbonyl (C=O) groups is 2. The van der Waals surface area contributed by atoms with Crippen molar-refractivity contribution < 1.29 is 14.3 Å². The van der Waals surface area contributed by atoms with Gasteiger partial charge in [0.2, 0.25) is 5.91 Å². The lowest BCUT2D eigenvalue weighted by Crippen LogP contribution is -2.40. The topological polar surface area (TPSA) is 116 Å². The first kappa shape index (κ1) is 25.1. The molecule has 2 aromatic carbocycles. The fraction of sp³-hybridized carbons (Fsp3) is 0.276. The first-order valence-electron chi connectivity index (χ1n) is 12.6. The number of nitrogens with zero attached hydrogens (tertiary/aromatic N) is 5. The van der Waals surface area contributed by atoms with E-state index in [0.29, 0.717) is 54.0 Å². The predicted molar refractivity (Wildman–Crippen MR) is 146 cm³/mol. The molecule has 0 saturated carbocycles. The number of likely N-dealkylation sites (tertiary alicyclic amines) is 1. The number of fused-ring (bicyclic) bond motifs is 1. The highest BCUT2D eigenvalue weighted by Crippen LogP contribution is 2.34. The number of nitrogens with two attached hydrogens (primary N) is 1. The van der Waals surface area contributed by atoms with E-state index in [1.165, 1.54) is 12.4 Å². The number of Topliss-reactive ketones (excluding diaryl/α,β-unsaturated/α-hetero) is 1. The first-order chi connectivity index (χ1) is 18.5. The van der Waals surface area contributed by atoms with Crippen LogP contribution < -0.4 is 10.5 Å². The lowest BCUT2D eigenvalue weighted by molar-refractivity contribution is -0.127. The van der Waals surface area contributed by atoms with Gasteiger partial charge < -0.3 is 15.4 Å².